The zero-order valence-corrected chi connectivity index (χ0v) is 13.4. The summed E-state index contributed by atoms with van der Waals surface area (Å²) in [6.45, 7) is 7.49. The first-order chi connectivity index (χ1) is 9.37. The van der Waals surface area contributed by atoms with Gasteiger partial charge in [-0.05, 0) is 36.7 Å². The van der Waals surface area contributed by atoms with Gasteiger partial charge in [-0.25, -0.2) is 0 Å². The van der Waals surface area contributed by atoms with E-state index >= 15 is 0 Å². The summed E-state index contributed by atoms with van der Waals surface area (Å²) in [5.74, 6) is 0.715. The Morgan fingerprint density at radius 1 is 1.50 bits per heavy atom. The molecule has 1 heterocycles. The van der Waals surface area contributed by atoms with Gasteiger partial charge in [0.05, 0.1) is 12.7 Å². The monoisotopic (exact) mass is 292 g/mol. The Balaban J connectivity index is 2.00. The number of hydrogen-bond donors (Lipinski definition) is 1. The van der Waals surface area contributed by atoms with Crippen molar-refractivity contribution < 1.29 is 4.74 Å². The normalized spacial score (nSPS) is 25.4. The van der Waals surface area contributed by atoms with Crippen LogP contribution >= 0.6 is 12.2 Å². The van der Waals surface area contributed by atoms with E-state index < -0.39 is 0 Å². The molecule has 0 amide bonds. The molecule has 0 aromatic carbocycles. The average Bonchev–Trinajstić information content (AvgIpc) is 2.34. The molecule has 20 heavy (non-hydrogen) atoms. The minimum atomic E-state index is 0.313. The van der Waals surface area contributed by atoms with E-state index in [1.54, 1.807) is 6.20 Å². The van der Waals surface area contributed by atoms with Gasteiger partial charge in [0.1, 0.15) is 10.7 Å². The second-order valence-electron chi connectivity index (χ2n) is 6.72. The Morgan fingerprint density at radius 3 is 2.90 bits per heavy atom. The van der Waals surface area contributed by atoms with Gasteiger partial charge < -0.3 is 10.5 Å². The SMILES string of the molecule is CC1CC(OCc2cccnc2C(N)=S)CC(C)(C)C1. The third kappa shape index (κ3) is 4.00. The van der Waals surface area contributed by atoms with Crippen LogP contribution in [0.2, 0.25) is 0 Å². The molecule has 0 aliphatic heterocycles. The van der Waals surface area contributed by atoms with Gasteiger partial charge in [-0.15, -0.1) is 0 Å². The van der Waals surface area contributed by atoms with E-state index in [-0.39, 0.29) is 0 Å². The maximum absolute atomic E-state index is 6.11. The Kier molecular flexibility index (Phi) is 4.76. The van der Waals surface area contributed by atoms with Crippen LogP contribution in [0.5, 0.6) is 0 Å². The second-order valence-corrected chi connectivity index (χ2v) is 7.16. The molecule has 1 aromatic rings. The van der Waals surface area contributed by atoms with Gasteiger partial charge in [-0.3, -0.25) is 4.98 Å². The van der Waals surface area contributed by atoms with Crippen LogP contribution in [0.3, 0.4) is 0 Å². The lowest BCUT2D eigenvalue weighted by atomic mass is 9.71. The van der Waals surface area contributed by atoms with Crippen molar-refractivity contribution in [1.82, 2.24) is 4.98 Å². The molecule has 1 fully saturated rings. The fourth-order valence-corrected chi connectivity index (χ4v) is 3.55. The van der Waals surface area contributed by atoms with Crippen LogP contribution in [0.1, 0.15) is 51.3 Å². The number of rotatable bonds is 4. The predicted molar refractivity (Wildman–Crippen MR) is 85.5 cm³/mol. The summed E-state index contributed by atoms with van der Waals surface area (Å²) in [4.78, 5) is 4.57. The van der Waals surface area contributed by atoms with Crippen LogP contribution < -0.4 is 5.73 Å². The molecule has 1 aromatic heterocycles. The molecule has 2 atom stereocenters. The van der Waals surface area contributed by atoms with Crippen molar-refractivity contribution in [3.63, 3.8) is 0 Å². The lowest BCUT2D eigenvalue weighted by Gasteiger charge is -2.38. The fourth-order valence-electron chi connectivity index (χ4n) is 3.37. The predicted octanol–water partition coefficient (Wildman–Crippen LogP) is 3.45. The highest BCUT2D eigenvalue weighted by atomic mass is 32.1. The van der Waals surface area contributed by atoms with Gasteiger partial charge in [0.2, 0.25) is 0 Å². The Hall–Kier alpha value is -1.00. The lowest BCUT2D eigenvalue weighted by Crippen LogP contribution is -2.32. The van der Waals surface area contributed by atoms with E-state index in [1.807, 2.05) is 12.1 Å². The Labute approximate surface area is 126 Å². The van der Waals surface area contributed by atoms with E-state index in [0.29, 0.717) is 34.7 Å². The first-order valence-corrected chi connectivity index (χ1v) is 7.63. The molecular weight excluding hydrogens is 268 g/mol. The molecule has 3 nitrogen and oxygen atoms in total. The topological polar surface area (TPSA) is 48.1 Å². The second kappa shape index (κ2) is 6.19. The first-order valence-electron chi connectivity index (χ1n) is 7.23. The summed E-state index contributed by atoms with van der Waals surface area (Å²) in [5.41, 5.74) is 7.73. The van der Waals surface area contributed by atoms with Crippen molar-refractivity contribution in [2.24, 2.45) is 17.1 Å². The highest BCUT2D eigenvalue weighted by Gasteiger charge is 2.32. The smallest absolute Gasteiger partial charge is 0.123 e. The first kappa shape index (κ1) is 15.4. The van der Waals surface area contributed by atoms with Crippen molar-refractivity contribution >= 4 is 17.2 Å². The van der Waals surface area contributed by atoms with E-state index in [0.717, 1.165) is 18.4 Å². The molecule has 2 N–H and O–H groups in total. The lowest BCUT2D eigenvalue weighted by molar-refractivity contribution is -0.0317. The summed E-state index contributed by atoms with van der Waals surface area (Å²) in [6.07, 6.45) is 5.54. The summed E-state index contributed by atoms with van der Waals surface area (Å²) in [5, 5.41) is 0. The number of aromatic nitrogens is 1. The molecule has 2 unspecified atom stereocenters. The largest absolute Gasteiger partial charge is 0.388 e. The average molecular weight is 292 g/mol. The minimum Gasteiger partial charge on any atom is -0.388 e. The molecule has 2 rings (SSSR count). The number of pyridine rings is 1. The van der Waals surface area contributed by atoms with Crippen LogP contribution in [-0.4, -0.2) is 16.1 Å². The number of thiocarbonyl (C=S) groups is 1. The summed E-state index contributed by atoms with van der Waals surface area (Å²) < 4.78 is 6.11. The van der Waals surface area contributed by atoms with Gasteiger partial charge in [0.25, 0.3) is 0 Å². The van der Waals surface area contributed by atoms with Gasteiger partial charge in [0.15, 0.2) is 0 Å². The zero-order chi connectivity index (χ0) is 14.8. The fraction of sp³-hybridized carbons (Fsp3) is 0.625. The van der Waals surface area contributed by atoms with E-state index in [2.05, 4.69) is 25.8 Å². The van der Waals surface area contributed by atoms with Crippen LogP contribution in [0, 0.1) is 11.3 Å². The van der Waals surface area contributed by atoms with Crippen molar-refractivity contribution in [2.75, 3.05) is 0 Å². The van der Waals surface area contributed by atoms with Crippen molar-refractivity contribution in [1.29, 1.82) is 0 Å². The molecule has 0 bridgehead atoms. The Bertz CT molecular complexity index is 487. The highest BCUT2D eigenvalue weighted by Crippen LogP contribution is 2.39. The summed E-state index contributed by atoms with van der Waals surface area (Å²) in [7, 11) is 0. The van der Waals surface area contributed by atoms with Crippen LogP contribution in [0.4, 0.5) is 0 Å². The maximum Gasteiger partial charge on any atom is 0.123 e. The van der Waals surface area contributed by atoms with Gasteiger partial charge >= 0.3 is 0 Å². The van der Waals surface area contributed by atoms with E-state index in [4.69, 9.17) is 22.7 Å². The third-order valence-corrected chi connectivity index (χ3v) is 4.14. The molecule has 0 radical (unpaired) electrons. The van der Waals surface area contributed by atoms with Crippen molar-refractivity contribution in [3.8, 4) is 0 Å². The molecule has 1 aliphatic carbocycles. The Morgan fingerprint density at radius 2 is 2.25 bits per heavy atom. The molecule has 110 valence electrons. The van der Waals surface area contributed by atoms with E-state index in [1.165, 1.54) is 6.42 Å². The quantitative estimate of drug-likeness (QED) is 0.864. The standard InChI is InChI=1S/C16H24N2OS/c1-11-7-13(9-16(2,3)8-11)19-10-12-5-4-6-18-14(12)15(17)20/h4-6,11,13H,7-10H2,1-3H3,(H2,17,20). The molecular formula is C16H24N2OS. The number of hydrogen-bond acceptors (Lipinski definition) is 3. The molecule has 1 saturated carbocycles. The number of ether oxygens (including phenoxy) is 1. The van der Waals surface area contributed by atoms with Gasteiger partial charge in [-0.1, -0.05) is 39.1 Å². The maximum atomic E-state index is 6.11. The molecule has 4 heteroatoms. The molecule has 0 saturated heterocycles. The number of nitrogens with two attached hydrogens (primary N) is 1. The summed E-state index contributed by atoms with van der Waals surface area (Å²) in [6, 6.07) is 3.88. The molecule has 0 spiro atoms. The van der Waals surface area contributed by atoms with Gasteiger partial charge in [-0.2, -0.15) is 0 Å². The van der Waals surface area contributed by atoms with Crippen LogP contribution in [0.25, 0.3) is 0 Å². The number of nitrogens with zero attached hydrogens (tertiary/aromatic N) is 1. The third-order valence-electron chi connectivity index (χ3n) is 3.95. The van der Waals surface area contributed by atoms with Crippen molar-refractivity contribution in [2.45, 2.75) is 52.7 Å². The summed E-state index contributed by atoms with van der Waals surface area (Å²) >= 11 is 5.04. The van der Waals surface area contributed by atoms with Gasteiger partial charge in [0, 0.05) is 11.8 Å². The van der Waals surface area contributed by atoms with Crippen molar-refractivity contribution in [3.05, 3.63) is 29.6 Å². The minimum absolute atomic E-state index is 0.313. The zero-order valence-electron chi connectivity index (χ0n) is 12.6. The van der Waals surface area contributed by atoms with Crippen LogP contribution in [0.15, 0.2) is 18.3 Å². The van der Waals surface area contributed by atoms with E-state index in [9.17, 15) is 0 Å². The molecule has 1 aliphatic rings. The highest BCUT2D eigenvalue weighted by molar-refractivity contribution is 7.80. The van der Waals surface area contributed by atoms with Crippen LogP contribution in [-0.2, 0) is 11.3 Å².